The molecule has 2 amide bonds. The lowest BCUT2D eigenvalue weighted by atomic mass is 10.2. The van der Waals surface area contributed by atoms with Gasteiger partial charge in [-0.25, -0.2) is 9.78 Å². The molecule has 5 rings (SSSR count). The van der Waals surface area contributed by atoms with Gasteiger partial charge in [0.2, 0.25) is 0 Å². The van der Waals surface area contributed by atoms with Crippen molar-refractivity contribution in [2.24, 2.45) is 0 Å². The predicted octanol–water partition coefficient (Wildman–Crippen LogP) is 3.59. The average molecular weight is 448 g/mol. The van der Waals surface area contributed by atoms with E-state index in [1.165, 1.54) is 0 Å². The van der Waals surface area contributed by atoms with Crippen LogP contribution in [0, 0.1) is 0 Å². The summed E-state index contributed by atoms with van der Waals surface area (Å²) in [5.74, 6) is 1.32. The third kappa shape index (κ3) is 4.16. The van der Waals surface area contributed by atoms with Gasteiger partial charge in [-0.2, -0.15) is 0 Å². The van der Waals surface area contributed by atoms with Gasteiger partial charge in [-0.3, -0.25) is 9.80 Å². The summed E-state index contributed by atoms with van der Waals surface area (Å²) >= 11 is 0. The highest BCUT2D eigenvalue weighted by molar-refractivity contribution is 6.05. The Kier molecular flexibility index (Phi) is 5.72. The molecule has 1 aromatic carbocycles. The van der Waals surface area contributed by atoms with Crippen LogP contribution in [-0.2, 0) is 4.74 Å². The van der Waals surface area contributed by atoms with E-state index in [9.17, 15) is 4.79 Å². The number of hydrogen-bond donors (Lipinski definition) is 0. The summed E-state index contributed by atoms with van der Waals surface area (Å²) in [6, 6.07) is 14.0. The molecular formula is C24H29N7O2. The van der Waals surface area contributed by atoms with E-state index in [-0.39, 0.29) is 18.2 Å². The Morgan fingerprint density at radius 3 is 2.52 bits per heavy atom. The standard InChI is InChI=1S/C24H29N7O2/c1-17(2)31-16-25-27-23(31)21-5-4-6-22(26-21)30-12-11-29(24(30)32)20-9-7-19(8-10-20)28-13-14-33-18(3)15-28/h4-10,16-18H,11-15H2,1-3H3. The van der Waals surface area contributed by atoms with Crippen molar-refractivity contribution in [3.8, 4) is 11.5 Å². The predicted molar refractivity (Wildman–Crippen MR) is 128 cm³/mol. The Labute approximate surface area is 193 Å². The zero-order chi connectivity index (χ0) is 22.9. The van der Waals surface area contributed by atoms with E-state index in [0.29, 0.717) is 30.4 Å². The van der Waals surface area contributed by atoms with Crippen LogP contribution in [0.5, 0.6) is 0 Å². The zero-order valence-electron chi connectivity index (χ0n) is 19.3. The van der Waals surface area contributed by atoms with Crippen molar-refractivity contribution in [3.05, 3.63) is 48.8 Å². The lowest BCUT2D eigenvalue weighted by Crippen LogP contribution is -2.41. The summed E-state index contributed by atoms with van der Waals surface area (Å²) in [7, 11) is 0. The smallest absolute Gasteiger partial charge is 0.330 e. The first kappa shape index (κ1) is 21.4. The van der Waals surface area contributed by atoms with Crippen molar-refractivity contribution in [2.75, 3.05) is 47.5 Å². The first-order valence-corrected chi connectivity index (χ1v) is 11.4. The molecule has 172 valence electrons. The summed E-state index contributed by atoms with van der Waals surface area (Å²) < 4.78 is 7.61. The van der Waals surface area contributed by atoms with Crippen molar-refractivity contribution in [2.45, 2.75) is 32.9 Å². The summed E-state index contributed by atoms with van der Waals surface area (Å²) in [5, 5.41) is 8.27. The van der Waals surface area contributed by atoms with Crippen molar-refractivity contribution in [1.82, 2.24) is 19.7 Å². The molecular weight excluding hydrogens is 418 g/mol. The van der Waals surface area contributed by atoms with Crippen LogP contribution < -0.4 is 14.7 Å². The highest BCUT2D eigenvalue weighted by Gasteiger charge is 2.32. The fourth-order valence-corrected chi connectivity index (χ4v) is 4.39. The van der Waals surface area contributed by atoms with Crippen LogP contribution in [0.1, 0.15) is 26.8 Å². The number of hydrogen-bond acceptors (Lipinski definition) is 6. The van der Waals surface area contributed by atoms with Crippen molar-refractivity contribution in [1.29, 1.82) is 0 Å². The summed E-state index contributed by atoms with van der Waals surface area (Å²) in [6.07, 6.45) is 1.93. The first-order valence-electron chi connectivity index (χ1n) is 11.4. The number of amides is 2. The minimum absolute atomic E-state index is 0.0716. The van der Waals surface area contributed by atoms with Gasteiger partial charge in [-0.15, -0.1) is 10.2 Å². The highest BCUT2D eigenvalue weighted by Crippen LogP contribution is 2.28. The van der Waals surface area contributed by atoms with Gasteiger partial charge in [0.25, 0.3) is 0 Å². The van der Waals surface area contributed by atoms with Crippen LogP contribution in [0.15, 0.2) is 48.8 Å². The number of carbonyl (C=O) groups excluding carboxylic acids is 1. The molecule has 2 aliphatic heterocycles. The number of nitrogens with zero attached hydrogens (tertiary/aromatic N) is 7. The van der Waals surface area contributed by atoms with Gasteiger partial charge in [-0.1, -0.05) is 6.07 Å². The SMILES string of the molecule is CC1CN(c2ccc(N3CCN(c4cccc(-c5nncn5C(C)C)n4)C3=O)cc2)CCO1. The molecule has 0 radical (unpaired) electrons. The molecule has 0 spiro atoms. The quantitative estimate of drug-likeness (QED) is 0.595. The summed E-state index contributed by atoms with van der Waals surface area (Å²) in [6.45, 7) is 9.92. The van der Waals surface area contributed by atoms with E-state index >= 15 is 0 Å². The molecule has 0 saturated carbocycles. The van der Waals surface area contributed by atoms with Gasteiger partial charge in [0.05, 0.1) is 12.7 Å². The van der Waals surface area contributed by atoms with E-state index < -0.39 is 0 Å². The Morgan fingerprint density at radius 1 is 1.00 bits per heavy atom. The maximum absolute atomic E-state index is 13.3. The number of benzene rings is 1. The topological polar surface area (TPSA) is 79.6 Å². The second-order valence-electron chi connectivity index (χ2n) is 8.77. The number of urea groups is 1. The van der Waals surface area contributed by atoms with Crippen LogP contribution >= 0.6 is 0 Å². The van der Waals surface area contributed by atoms with Crippen LogP contribution in [0.3, 0.4) is 0 Å². The van der Waals surface area contributed by atoms with Crippen LogP contribution in [0.25, 0.3) is 11.5 Å². The highest BCUT2D eigenvalue weighted by atomic mass is 16.5. The average Bonchev–Trinajstić information content (AvgIpc) is 3.47. The van der Waals surface area contributed by atoms with E-state index in [4.69, 9.17) is 9.72 Å². The minimum Gasteiger partial charge on any atom is -0.375 e. The third-order valence-electron chi connectivity index (χ3n) is 6.15. The second-order valence-corrected chi connectivity index (χ2v) is 8.77. The number of pyridine rings is 1. The largest absolute Gasteiger partial charge is 0.375 e. The molecule has 9 nitrogen and oxygen atoms in total. The molecule has 0 aliphatic carbocycles. The second kappa shape index (κ2) is 8.82. The lowest BCUT2D eigenvalue weighted by molar-refractivity contribution is 0.0532. The maximum atomic E-state index is 13.3. The van der Waals surface area contributed by atoms with Crippen LogP contribution in [-0.4, -0.2) is 64.7 Å². The molecule has 9 heteroatoms. The monoisotopic (exact) mass is 447 g/mol. The van der Waals surface area contributed by atoms with Gasteiger partial charge in [0.1, 0.15) is 17.8 Å². The van der Waals surface area contributed by atoms with Crippen LogP contribution in [0.4, 0.5) is 22.0 Å². The normalized spacial score (nSPS) is 19.1. The van der Waals surface area contributed by atoms with E-state index in [1.807, 2.05) is 34.9 Å². The lowest BCUT2D eigenvalue weighted by Gasteiger charge is -2.33. The van der Waals surface area contributed by atoms with Crippen LogP contribution in [0.2, 0.25) is 0 Å². The number of rotatable bonds is 5. The maximum Gasteiger partial charge on any atom is 0.330 e. The van der Waals surface area contributed by atoms with Gasteiger partial charge in [0.15, 0.2) is 5.82 Å². The van der Waals surface area contributed by atoms with Gasteiger partial charge in [-0.05, 0) is 57.2 Å². The summed E-state index contributed by atoms with van der Waals surface area (Å²) in [4.78, 5) is 23.8. The number of anilines is 3. The van der Waals surface area contributed by atoms with Crippen molar-refractivity contribution in [3.63, 3.8) is 0 Å². The van der Waals surface area contributed by atoms with Crippen molar-refractivity contribution >= 4 is 23.2 Å². The zero-order valence-corrected chi connectivity index (χ0v) is 19.3. The Hall–Kier alpha value is -3.46. The molecule has 0 N–H and O–H groups in total. The molecule has 2 saturated heterocycles. The van der Waals surface area contributed by atoms with Crippen molar-refractivity contribution < 1.29 is 9.53 Å². The molecule has 33 heavy (non-hydrogen) atoms. The third-order valence-corrected chi connectivity index (χ3v) is 6.15. The van der Waals surface area contributed by atoms with E-state index in [2.05, 4.69) is 48.0 Å². The Morgan fingerprint density at radius 2 is 1.76 bits per heavy atom. The molecule has 0 bridgehead atoms. The fourth-order valence-electron chi connectivity index (χ4n) is 4.39. The van der Waals surface area contributed by atoms with Gasteiger partial charge in [0, 0.05) is 43.6 Å². The molecule has 4 heterocycles. The minimum atomic E-state index is -0.0716. The molecule has 3 aromatic rings. The Balaban J connectivity index is 1.33. The molecule has 1 unspecified atom stereocenters. The molecule has 2 aromatic heterocycles. The summed E-state index contributed by atoms with van der Waals surface area (Å²) in [5.41, 5.74) is 2.75. The Bertz CT molecular complexity index is 1130. The van der Waals surface area contributed by atoms with Gasteiger partial charge < -0.3 is 14.2 Å². The fraction of sp³-hybridized carbons (Fsp3) is 0.417. The number of morpholine rings is 1. The number of aromatic nitrogens is 4. The molecule has 1 atom stereocenters. The van der Waals surface area contributed by atoms with E-state index in [1.54, 1.807) is 16.1 Å². The molecule has 2 fully saturated rings. The number of carbonyl (C=O) groups is 1. The van der Waals surface area contributed by atoms with Gasteiger partial charge >= 0.3 is 6.03 Å². The first-order chi connectivity index (χ1) is 16.0. The number of ether oxygens (including phenoxy) is 1. The van der Waals surface area contributed by atoms with E-state index in [0.717, 1.165) is 31.1 Å². The molecule has 2 aliphatic rings.